The Bertz CT molecular complexity index is 6870. The van der Waals surface area contributed by atoms with E-state index in [1.165, 1.54) is 19.3 Å². The number of aromatic amines is 5. The van der Waals surface area contributed by atoms with Crippen LogP contribution in [0.1, 0.15) is 200 Å². The van der Waals surface area contributed by atoms with Crippen LogP contribution in [0, 0.1) is 94.7 Å². The van der Waals surface area contributed by atoms with Crippen molar-refractivity contribution >= 4 is 54.5 Å². The Balaban J connectivity index is 0.000000135. The van der Waals surface area contributed by atoms with Crippen molar-refractivity contribution in [2.45, 2.75) is 214 Å². The van der Waals surface area contributed by atoms with Gasteiger partial charge >= 0.3 is 0 Å². The minimum atomic E-state index is -1.12. The standard InChI is InChI=1S/C22H26N4O2.C20H21N5O2.C19H20N4O.C18H17N5O.C18H20N4O/c1-22(2,28)8-7-17-9-19-20(16-10-24-25-11-16)13-26(21(19)12-23-17)18-5-3-15(14-27)4-6-18;1-19(2,26)6-5-13-7-14-16(15-9-23-24-17(15)8-21)11-25(12-20(3,4)27)18(14)10-22-13;1-19(2,24)7-6-14-8-16-17(13-9-21-22-10-13)12-23(15-4-3-5-15)18(16)11-20-14;1-4-23-11-15(14-9-21-22-16(14)8-19)13-7-12(20-10-17(13)23)5-6-18(2,3)24;1-5-22-11-16(15-9-20-21-12(15)2)14-8-13(19-10-17(14)22)6-7-18(3,4)23/h9-13,15,18,27-28H,3-6,14H2,1-2H3,(H,24,25);7,9-11,26-27H,12H2,1-4H3,(H,23,24);8-12,15,24H,3-5H2,1-2H3,(H,21,22);7,9-11,24H,4H2,1-3H3,(H,21,22);8-11,23H,5H2,1-4H3,(H,20,21). The highest BCUT2D eigenvalue weighted by atomic mass is 16.3. The highest BCUT2D eigenvalue weighted by molar-refractivity contribution is 6.01. The van der Waals surface area contributed by atoms with Gasteiger partial charge in [-0.05, 0) is 215 Å². The SMILES string of the molecule is CC(C)(O)C#Cc1cc2c(-c3cn[nH]c3)cn(C3CCC(CO)CC3)c2cn1.CC(C)(O)C#Cc1cc2c(-c3cn[nH]c3)cn(C3CCC3)c2cn1.CC(C)(O)C#Cc1cc2c(-c3cn[nH]c3C#N)cn(CC(C)(C)O)c2cn1.CCn1cc(-c2cn[nH]c2C#N)c2cc(C#CC(C)(C)O)ncc21.CCn1cc(-c2cn[nH]c2C)c2cc(C#CC(C)(C)O)ncc21. The predicted molar refractivity (Wildman–Crippen MR) is 485 cm³/mol. The van der Waals surface area contributed by atoms with Gasteiger partial charge in [-0.15, -0.1) is 0 Å². The number of nitrogens with zero attached hydrogens (tertiary/aromatic N) is 17. The minimum absolute atomic E-state index is 0.282. The van der Waals surface area contributed by atoms with Crippen molar-refractivity contribution in [3.8, 4) is 127 Å². The fraction of sp³-hybridized carbons (Fsp3) is 0.361. The van der Waals surface area contributed by atoms with Crippen molar-refractivity contribution in [1.29, 1.82) is 10.5 Å². The molecule has 2 fully saturated rings. The Hall–Kier alpha value is -14.0. The molecule has 2 saturated carbocycles. The van der Waals surface area contributed by atoms with Gasteiger partial charge in [0.15, 0.2) is 0 Å². The van der Waals surface area contributed by atoms with E-state index in [1.54, 1.807) is 108 Å². The number of nitriles is 2. The van der Waals surface area contributed by atoms with Crippen molar-refractivity contribution in [2.24, 2.45) is 5.92 Å². The van der Waals surface area contributed by atoms with E-state index >= 15 is 0 Å². The van der Waals surface area contributed by atoms with Crippen LogP contribution in [0.4, 0.5) is 0 Å². The van der Waals surface area contributed by atoms with Crippen LogP contribution in [-0.2, 0) is 19.6 Å². The number of rotatable bonds is 12. The Morgan fingerprint density at radius 2 is 0.706 bits per heavy atom. The number of aryl methyl sites for hydroxylation is 3. The maximum atomic E-state index is 10.2. The number of fused-ring (bicyclic) bond motifs is 5. The summed E-state index contributed by atoms with van der Waals surface area (Å²) in [4.78, 5) is 22.1. The van der Waals surface area contributed by atoms with Gasteiger partial charge in [0.2, 0.25) is 0 Å². The van der Waals surface area contributed by atoms with Crippen molar-refractivity contribution in [3.05, 3.63) is 181 Å². The number of aromatic nitrogens is 20. The second kappa shape index (κ2) is 37.2. The lowest BCUT2D eigenvalue weighted by Gasteiger charge is -2.29. The average Bonchev–Trinajstić information content (AvgIpc) is 1.67. The summed E-state index contributed by atoms with van der Waals surface area (Å²) in [5.74, 6) is 29.1. The normalized spacial score (nSPS) is 14.1. The number of nitrogens with one attached hydrogen (secondary N) is 5. The molecule has 15 aromatic heterocycles. The van der Waals surface area contributed by atoms with Gasteiger partial charge in [-0.25, -0.2) is 24.9 Å². The molecule has 0 unspecified atom stereocenters. The Kier molecular flexibility index (Phi) is 26.5. The number of hydrogen-bond acceptors (Lipinski definition) is 19. The molecule has 15 heterocycles. The number of aliphatic hydroxyl groups excluding tert-OH is 1. The molecule has 2 aliphatic rings. The smallest absolute Gasteiger partial charge is 0.143 e. The van der Waals surface area contributed by atoms with Crippen LogP contribution in [0.2, 0.25) is 0 Å². The van der Waals surface area contributed by atoms with Crippen LogP contribution in [-0.4, -0.2) is 175 Å². The quantitative estimate of drug-likeness (QED) is 0.0505. The summed E-state index contributed by atoms with van der Waals surface area (Å²) in [6.45, 7) is 28.4. The van der Waals surface area contributed by atoms with Crippen LogP contribution in [0.3, 0.4) is 0 Å². The van der Waals surface area contributed by atoms with Crippen molar-refractivity contribution in [3.63, 3.8) is 0 Å². The molecule has 0 atom stereocenters. The molecule has 29 nitrogen and oxygen atoms in total. The first-order chi connectivity index (χ1) is 59.8. The predicted octanol–water partition coefficient (Wildman–Crippen LogP) is 14.1. The van der Waals surface area contributed by atoms with Crippen LogP contribution in [0.25, 0.3) is 110 Å². The van der Waals surface area contributed by atoms with Gasteiger partial charge in [0.25, 0.3) is 0 Å². The number of H-pyrrole nitrogens is 5. The zero-order valence-corrected chi connectivity index (χ0v) is 73.4. The van der Waals surface area contributed by atoms with Gasteiger partial charge < -0.3 is 58.6 Å². The number of aliphatic hydroxyl groups is 7. The van der Waals surface area contributed by atoms with Crippen LogP contribution in [0.15, 0.2) is 136 Å². The van der Waals surface area contributed by atoms with E-state index in [0.717, 1.165) is 149 Å². The van der Waals surface area contributed by atoms with Crippen LogP contribution in [0.5, 0.6) is 0 Å². The van der Waals surface area contributed by atoms with Crippen molar-refractivity contribution in [2.75, 3.05) is 6.61 Å². The number of hydrogen-bond donors (Lipinski definition) is 12. The summed E-state index contributed by atoms with van der Waals surface area (Å²) in [6.07, 6.45) is 39.9. The van der Waals surface area contributed by atoms with E-state index in [9.17, 15) is 46.3 Å². The summed E-state index contributed by atoms with van der Waals surface area (Å²) < 4.78 is 10.8. The average molecular weight is 1690 g/mol. The summed E-state index contributed by atoms with van der Waals surface area (Å²) in [5.41, 5.74) is 13.3. The Labute approximate surface area is 730 Å². The highest BCUT2D eigenvalue weighted by Gasteiger charge is 2.28. The molecular weight excluding hydrogens is 1590 g/mol. The fourth-order valence-corrected chi connectivity index (χ4v) is 14.9. The summed E-state index contributed by atoms with van der Waals surface area (Å²) in [5, 5.41) is 127. The molecule has 0 amide bonds. The molecule has 0 radical (unpaired) electrons. The second-order valence-corrected chi connectivity index (χ2v) is 34.9. The molecule has 644 valence electrons. The molecule has 0 saturated heterocycles. The van der Waals surface area contributed by atoms with E-state index in [1.807, 2.05) is 111 Å². The van der Waals surface area contributed by atoms with Gasteiger partial charge in [0, 0.05) is 163 Å². The Morgan fingerprint density at radius 1 is 0.381 bits per heavy atom. The Morgan fingerprint density at radius 3 is 1.01 bits per heavy atom. The highest BCUT2D eigenvalue weighted by Crippen LogP contribution is 2.42. The number of pyridine rings is 5. The molecule has 0 aromatic carbocycles. The van der Waals surface area contributed by atoms with Gasteiger partial charge in [0.05, 0.1) is 102 Å². The topological polar surface area (TPSA) is 422 Å². The van der Waals surface area contributed by atoms with Crippen molar-refractivity contribution < 1.29 is 35.7 Å². The van der Waals surface area contributed by atoms with E-state index in [2.05, 4.69) is 191 Å². The largest absolute Gasteiger partial charge is 0.396 e. The van der Waals surface area contributed by atoms with Gasteiger partial charge in [-0.2, -0.15) is 36.0 Å². The lowest BCUT2D eigenvalue weighted by molar-refractivity contribution is 0.0628. The van der Waals surface area contributed by atoms with Gasteiger partial charge in [-0.1, -0.05) is 29.6 Å². The zero-order chi connectivity index (χ0) is 90.2. The molecule has 17 rings (SSSR count). The third kappa shape index (κ3) is 22.0. The summed E-state index contributed by atoms with van der Waals surface area (Å²) in [6, 6.07) is 14.9. The van der Waals surface area contributed by atoms with E-state index in [4.69, 9.17) is 0 Å². The van der Waals surface area contributed by atoms with Gasteiger partial charge in [0.1, 0.15) is 80.0 Å². The first-order valence-electron chi connectivity index (χ1n) is 41.8. The molecular formula is C97H104N22O7. The molecule has 0 spiro atoms. The van der Waals surface area contributed by atoms with E-state index in [0.29, 0.717) is 70.0 Å². The van der Waals surface area contributed by atoms with E-state index in [-0.39, 0.29) is 6.61 Å². The summed E-state index contributed by atoms with van der Waals surface area (Å²) in [7, 11) is 0. The molecule has 2 aliphatic carbocycles. The van der Waals surface area contributed by atoms with E-state index < -0.39 is 33.6 Å². The first kappa shape index (κ1) is 89.7. The molecule has 29 heteroatoms. The minimum Gasteiger partial charge on any atom is -0.396 e. The zero-order valence-electron chi connectivity index (χ0n) is 73.4. The molecule has 0 aliphatic heterocycles. The third-order valence-electron chi connectivity index (χ3n) is 21.2. The van der Waals surface area contributed by atoms with Crippen LogP contribution >= 0.6 is 0 Å². The lowest BCUT2D eigenvalue weighted by atomic mass is 9.86. The van der Waals surface area contributed by atoms with Gasteiger partial charge in [-0.3, -0.25) is 25.5 Å². The second-order valence-electron chi connectivity index (χ2n) is 34.9. The van der Waals surface area contributed by atoms with Crippen molar-refractivity contribution in [1.82, 2.24) is 98.7 Å². The maximum Gasteiger partial charge on any atom is 0.143 e. The fourth-order valence-electron chi connectivity index (χ4n) is 14.9. The molecule has 12 N–H and O–H groups in total. The molecule has 0 bridgehead atoms. The summed E-state index contributed by atoms with van der Waals surface area (Å²) >= 11 is 0. The lowest BCUT2D eigenvalue weighted by Crippen LogP contribution is -2.25. The molecule has 126 heavy (non-hydrogen) atoms. The van der Waals surface area contributed by atoms with Crippen LogP contribution < -0.4 is 0 Å². The maximum absolute atomic E-state index is 10.2. The first-order valence-corrected chi connectivity index (χ1v) is 41.8. The monoisotopic (exact) mass is 1690 g/mol. The molecule has 15 aromatic rings. The third-order valence-corrected chi connectivity index (χ3v) is 21.2.